The Labute approximate surface area is 382 Å². The molecule has 0 N–H and O–H groups in total. The first kappa shape index (κ1) is 40.2. The van der Waals surface area contributed by atoms with Gasteiger partial charge in [-0.05, 0) is 94.7 Å². The summed E-state index contributed by atoms with van der Waals surface area (Å²) in [4.78, 5) is 9.81. The van der Waals surface area contributed by atoms with Gasteiger partial charge in [-0.25, -0.2) is 0 Å². The molecule has 0 radical (unpaired) electrons. The van der Waals surface area contributed by atoms with Crippen LogP contribution in [0.1, 0.15) is 0 Å². The number of hydrogen-bond donors (Lipinski definition) is 0. The first-order valence-electron chi connectivity index (χ1n) is 21.8. The molecule has 3 nitrogen and oxygen atoms in total. The van der Waals surface area contributed by atoms with Gasteiger partial charge in [-0.1, -0.05) is 218 Å². The molecule has 0 fully saturated rings. The second-order valence-corrected chi connectivity index (χ2v) is 20.1. The van der Waals surface area contributed by atoms with Gasteiger partial charge in [-0.15, -0.1) is 0 Å². The van der Waals surface area contributed by atoms with E-state index in [-0.39, 0.29) is 0 Å². The van der Waals surface area contributed by atoms with Crippen molar-refractivity contribution in [3.63, 3.8) is 0 Å². The molecule has 11 rings (SSSR count). The maximum absolute atomic E-state index is 7.16. The quantitative estimate of drug-likeness (QED) is 0.0959. The number of benzene rings is 9. The first-order chi connectivity index (χ1) is 32.3. The van der Waals surface area contributed by atoms with Crippen molar-refractivity contribution in [2.45, 2.75) is 0 Å². The van der Waals surface area contributed by atoms with Crippen molar-refractivity contribution < 1.29 is 4.74 Å². The SMILES string of the molecule is c1ccc(-c2ccnc3c2ccc2c(-c4ccccc4-c4ccc(P(c5ccccc5)c5ccccc5Oc5ccccc5P(c5ccccc5)c5ccccc5)cc4)ccnc23)cc1. The Hall–Kier alpha value is -7.54. The Kier molecular flexibility index (Phi) is 11.3. The Bertz CT molecular complexity index is 3360. The highest BCUT2D eigenvalue weighted by Gasteiger charge is 2.25. The largest absolute Gasteiger partial charge is 0.456 e. The normalized spacial score (nSPS) is 11.8. The van der Waals surface area contributed by atoms with Crippen molar-refractivity contribution in [2.75, 3.05) is 0 Å². The maximum atomic E-state index is 7.16. The topological polar surface area (TPSA) is 35.0 Å². The molecule has 11 aromatic rings. The maximum Gasteiger partial charge on any atom is 0.135 e. The number of aromatic nitrogens is 2. The van der Waals surface area contributed by atoms with Gasteiger partial charge >= 0.3 is 0 Å². The van der Waals surface area contributed by atoms with Gasteiger partial charge in [0.1, 0.15) is 11.5 Å². The zero-order chi connectivity index (χ0) is 43.4. The summed E-state index contributed by atoms with van der Waals surface area (Å²) in [6.45, 7) is 0. The Morgan fingerprint density at radius 2 is 0.662 bits per heavy atom. The lowest BCUT2D eigenvalue weighted by atomic mass is 9.92. The predicted molar refractivity (Wildman–Crippen MR) is 277 cm³/mol. The van der Waals surface area contributed by atoms with Crippen LogP contribution in [0.3, 0.4) is 0 Å². The molecule has 308 valence electrons. The van der Waals surface area contributed by atoms with E-state index in [4.69, 9.17) is 14.7 Å². The molecule has 1 unspecified atom stereocenters. The molecule has 1 atom stereocenters. The molecule has 65 heavy (non-hydrogen) atoms. The van der Waals surface area contributed by atoms with E-state index < -0.39 is 15.8 Å². The summed E-state index contributed by atoms with van der Waals surface area (Å²) in [6, 6.07) is 86.7. The first-order valence-corrected chi connectivity index (χ1v) is 24.5. The van der Waals surface area contributed by atoms with Crippen molar-refractivity contribution >= 4 is 69.5 Å². The number of hydrogen-bond acceptors (Lipinski definition) is 3. The summed E-state index contributed by atoms with van der Waals surface area (Å²) < 4.78 is 7.16. The minimum atomic E-state index is -1.00. The van der Waals surface area contributed by atoms with Gasteiger partial charge < -0.3 is 4.74 Å². The molecule has 5 heteroatoms. The molecule has 0 aliphatic rings. The van der Waals surface area contributed by atoms with Gasteiger partial charge in [0.05, 0.1) is 11.0 Å². The van der Waals surface area contributed by atoms with Crippen molar-refractivity contribution in [3.8, 4) is 44.9 Å². The van der Waals surface area contributed by atoms with Gasteiger partial charge in [-0.3, -0.25) is 9.97 Å². The fourth-order valence-corrected chi connectivity index (χ4v) is 13.6. The molecule has 0 spiro atoms. The van der Waals surface area contributed by atoms with E-state index in [0.29, 0.717) is 0 Å². The third-order valence-electron chi connectivity index (χ3n) is 11.8. The Balaban J connectivity index is 0.971. The fraction of sp³-hybridized carbons (Fsp3) is 0. The molecule has 0 aliphatic carbocycles. The number of ether oxygens (including phenoxy) is 1. The van der Waals surface area contributed by atoms with E-state index in [1.165, 1.54) is 31.8 Å². The van der Waals surface area contributed by atoms with E-state index >= 15 is 0 Å². The van der Waals surface area contributed by atoms with Crippen LogP contribution >= 0.6 is 15.8 Å². The second kappa shape index (κ2) is 18.3. The fourth-order valence-electron chi connectivity index (χ4n) is 8.85. The highest BCUT2D eigenvalue weighted by Crippen LogP contribution is 2.43. The number of para-hydroxylation sites is 2. The van der Waals surface area contributed by atoms with Gasteiger partial charge in [0.2, 0.25) is 0 Å². The van der Waals surface area contributed by atoms with Crippen LogP contribution in [-0.2, 0) is 0 Å². The number of fused-ring (bicyclic) bond motifs is 3. The lowest BCUT2D eigenvalue weighted by Gasteiger charge is -2.25. The van der Waals surface area contributed by atoms with Crippen LogP contribution in [0.15, 0.2) is 255 Å². The number of rotatable bonds is 11. The molecule has 2 heterocycles. The zero-order valence-corrected chi connectivity index (χ0v) is 37.2. The minimum absolute atomic E-state index is 0.864. The van der Waals surface area contributed by atoms with Gasteiger partial charge in [0, 0.05) is 33.8 Å². The Morgan fingerprint density at radius 3 is 1.18 bits per heavy atom. The zero-order valence-electron chi connectivity index (χ0n) is 35.4. The van der Waals surface area contributed by atoms with E-state index in [9.17, 15) is 0 Å². The van der Waals surface area contributed by atoms with Crippen LogP contribution in [0, 0.1) is 0 Å². The third kappa shape index (κ3) is 8.02. The number of pyridine rings is 2. The average molecular weight is 869 g/mol. The molecule has 9 aromatic carbocycles. The number of nitrogens with zero attached hydrogens (tertiary/aromatic N) is 2. The van der Waals surface area contributed by atoms with Gasteiger partial charge in [0.25, 0.3) is 0 Å². The highest BCUT2D eigenvalue weighted by molar-refractivity contribution is 7.80. The average Bonchev–Trinajstić information content (AvgIpc) is 3.38. The molecule has 0 aliphatic heterocycles. The van der Waals surface area contributed by atoms with Crippen LogP contribution in [0.4, 0.5) is 0 Å². The van der Waals surface area contributed by atoms with Crippen molar-refractivity contribution in [2.24, 2.45) is 0 Å². The smallest absolute Gasteiger partial charge is 0.135 e. The molecular weight excluding hydrogens is 827 g/mol. The van der Waals surface area contributed by atoms with Crippen molar-refractivity contribution in [3.05, 3.63) is 255 Å². The molecule has 0 saturated carbocycles. The summed E-state index contributed by atoms with van der Waals surface area (Å²) in [5, 5.41) is 9.59. The van der Waals surface area contributed by atoms with Crippen LogP contribution in [0.25, 0.3) is 55.2 Å². The van der Waals surface area contributed by atoms with E-state index in [1.54, 1.807) is 0 Å². The molecule has 0 amide bonds. The monoisotopic (exact) mass is 868 g/mol. The summed E-state index contributed by atoms with van der Waals surface area (Å²) >= 11 is 0. The summed E-state index contributed by atoms with van der Waals surface area (Å²) in [6.07, 6.45) is 3.82. The van der Waals surface area contributed by atoms with Crippen molar-refractivity contribution in [1.29, 1.82) is 0 Å². The Morgan fingerprint density at radius 1 is 0.277 bits per heavy atom. The van der Waals surface area contributed by atoms with E-state index in [2.05, 4.69) is 243 Å². The van der Waals surface area contributed by atoms with E-state index in [0.717, 1.165) is 66.7 Å². The predicted octanol–water partition coefficient (Wildman–Crippen LogP) is 13.1. The summed E-state index contributed by atoms with van der Waals surface area (Å²) in [5.74, 6) is 1.74. The third-order valence-corrected chi connectivity index (χ3v) is 16.8. The summed E-state index contributed by atoms with van der Waals surface area (Å²) in [5.41, 5.74) is 8.72. The molecular formula is C60H42N2OP2. The van der Waals surface area contributed by atoms with Gasteiger partial charge in [-0.2, -0.15) is 0 Å². The lowest BCUT2D eigenvalue weighted by Crippen LogP contribution is -2.24. The van der Waals surface area contributed by atoms with Crippen LogP contribution < -0.4 is 36.6 Å². The van der Waals surface area contributed by atoms with Gasteiger partial charge in [0.15, 0.2) is 0 Å². The van der Waals surface area contributed by atoms with Crippen LogP contribution in [0.2, 0.25) is 0 Å². The molecule has 2 aromatic heterocycles. The highest BCUT2D eigenvalue weighted by atomic mass is 31.1. The van der Waals surface area contributed by atoms with Crippen LogP contribution in [-0.4, -0.2) is 9.97 Å². The molecule has 0 bridgehead atoms. The van der Waals surface area contributed by atoms with Crippen molar-refractivity contribution in [1.82, 2.24) is 9.97 Å². The standard InChI is InChI=1S/C60H42N2OP2/c1-5-19-43(20-6-1)50-39-41-61-59-53(50)37-38-54-52(40-42-62-60(54)59)51-28-14-13-27-49(51)44-33-35-48(36-34-44)65(47-25-11-4-12-26-47)58-32-18-16-30-56(58)63-55-29-15-17-31-57(55)64(45-21-7-2-8-22-45)46-23-9-3-10-24-46/h1-42H. The molecule has 0 saturated heterocycles. The summed E-state index contributed by atoms with van der Waals surface area (Å²) in [7, 11) is -1.88. The van der Waals surface area contributed by atoms with E-state index in [1.807, 2.05) is 12.4 Å². The minimum Gasteiger partial charge on any atom is -0.456 e. The lowest BCUT2D eigenvalue weighted by molar-refractivity contribution is 0.491. The second-order valence-electron chi connectivity index (χ2n) is 15.7. The van der Waals surface area contributed by atoms with Crippen LogP contribution in [0.5, 0.6) is 11.5 Å².